The van der Waals surface area contributed by atoms with E-state index in [4.69, 9.17) is 9.47 Å². The van der Waals surface area contributed by atoms with Crippen molar-refractivity contribution in [2.75, 3.05) is 0 Å². The van der Waals surface area contributed by atoms with E-state index in [0.717, 1.165) is 0 Å². The first-order chi connectivity index (χ1) is 11.4. The molecule has 0 saturated carbocycles. The molecule has 0 aliphatic carbocycles. The summed E-state index contributed by atoms with van der Waals surface area (Å²) in [5.74, 6) is -0.992. The van der Waals surface area contributed by atoms with Gasteiger partial charge in [0.2, 0.25) is 0 Å². The fourth-order valence-corrected chi connectivity index (χ4v) is 2.17. The van der Waals surface area contributed by atoms with E-state index in [1.165, 1.54) is 19.9 Å². The molecule has 25 heavy (non-hydrogen) atoms. The Hall–Kier alpha value is -1.92. The number of aliphatic hydroxyl groups excluding tert-OH is 1. The molecule has 142 valence electrons. The average Bonchev–Trinajstić information content (AvgIpc) is 2.44. The highest BCUT2D eigenvalue weighted by Crippen LogP contribution is 2.22. The van der Waals surface area contributed by atoms with Crippen molar-refractivity contribution < 1.29 is 29.3 Å². The summed E-state index contributed by atoms with van der Waals surface area (Å²) < 4.78 is 10.5. The molecule has 2 N–H and O–H groups in total. The van der Waals surface area contributed by atoms with Crippen LogP contribution in [0.15, 0.2) is 36.5 Å². The summed E-state index contributed by atoms with van der Waals surface area (Å²) in [4.78, 5) is 22.7. The van der Waals surface area contributed by atoms with Crippen molar-refractivity contribution in [3.63, 3.8) is 0 Å². The molecule has 0 aromatic rings. The Bertz CT molecular complexity index is 532. The van der Waals surface area contributed by atoms with Crippen LogP contribution in [0.1, 0.15) is 47.5 Å². The number of ether oxygens (including phenoxy) is 2. The lowest BCUT2D eigenvalue weighted by Gasteiger charge is -2.26. The third kappa shape index (κ3) is 9.84. The monoisotopic (exact) mass is 354 g/mol. The number of carbonyl (C=O) groups excluding carboxylic acids is 2. The predicted molar refractivity (Wildman–Crippen MR) is 95.7 cm³/mol. The topological polar surface area (TPSA) is 93.1 Å². The van der Waals surface area contributed by atoms with Crippen LogP contribution < -0.4 is 0 Å². The van der Waals surface area contributed by atoms with Crippen molar-refractivity contribution in [1.82, 2.24) is 0 Å². The van der Waals surface area contributed by atoms with Crippen molar-refractivity contribution in [1.29, 1.82) is 0 Å². The third-order valence-corrected chi connectivity index (χ3v) is 3.64. The second kappa shape index (κ2) is 10.2. The quantitative estimate of drug-likeness (QED) is 0.462. The fourth-order valence-electron chi connectivity index (χ4n) is 2.17. The van der Waals surface area contributed by atoms with Gasteiger partial charge in [0.05, 0.1) is 11.7 Å². The summed E-state index contributed by atoms with van der Waals surface area (Å²) in [5.41, 5.74) is -0.0805. The van der Waals surface area contributed by atoms with Crippen LogP contribution in [0.2, 0.25) is 0 Å². The molecule has 0 aliphatic heterocycles. The van der Waals surface area contributed by atoms with Gasteiger partial charge < -0.3 is 19.7 Å². The number of carbonyl (C=O) groups is 2. The van der Waals surface area contributed by atoms with Gasteiger partial charge in [-0.05, 0) is 32.4 Å². The van der Waals surface area contributed by atoms with E-state index >= 15 is 0 Å². The molecule has 4 atom stereocenters. The van der Waals surface area contributed by atoms with Crippen molar-refractivity contribution in [3.8, 4) is 0 Å². The van der Waals surface area contributed by atoms with Crippen LogP contribution in [0, 0.1) is 0 Å². The lowest BCUT2D eigenvalue weighted by molar-refractivity contribution is -0.147. The van der Waals surface area contributed by atoms with E-state index in [-0.39, 0.29) is 12.8 Å². The molecule has 6 nitrogen and oxygen atoms in total. The molecule has 6 heteroatoms. The number of aliphatic hydroxyl groups is 2. The summed E-state index contributed by atoms with van der Waals surface area (Å²) in [6.45, 7) is 14.7. The second-order valence-electron chi connectivity index (χ2n) is 6.52. The third-order valence-electron chi connectivity index (χ3n) is 3.64. The Morgan fingerprint density at radius 2 is 1.68 bits per heavy atom. The van der Waals surface area contributed by atoms with Gasteiger partial charge in [0.1, 0.15) is 12.2 Å². The maximum Gasteiger partial charge on any atom is 0.303 e. The van der Waals surface area contributed by atoms with E-state index in [0.29, 0.717) is 11.1 Å². The van der Waals surface area contributed by atoms with Crippen LogP contribution in [0.25, 0.3) is 0 Å². The Morgan fingerprint density at radius 1 is 1.16 bits per heavy atom. The van der Waals surface area contributed by atoms with Gasteiger partial charge in [-0.25, -0.2) is 0 Å². The Balaban J connectivity index is 5.48. The van der Waals surface area contributed by atoms with Crippen molar-refractivity contribution in [2.45, 2.75) is 71.4 Å². The molecule has 0 amide bonds. The summed E-state index contributed by atoms with van der Waals surface area (Å²) in [6.07, 6.45) is 0.947. The molecule has 0 radical (unpaired) electrons. The van der Waals surface area contributed by atoms with E-state index in [2.05, 4.69) is 13.2 Å². The molecule has 0 saturated heterocycles. The minimum atomic E-state index is -1.23. The van der Waals surface area contributed by atoms with Crippen LogP contribution >= 0.6 is 0 Å². The maximum atomic E-state index is 11.4. The first-order valence-corrected chi connectivity index (χ1v) is 8.10. The summed E-state index contributed by atoms with van der Waals surface area (Å²) in [5, 5.41) is 20.2. The van der Waals surface area contributed by atoms with E-state index in [1.54, 1.807) is 26.8 Å². The normalized spacial score (nSPS) is 17.6. The van der Waals surface area contributed by atoms with Gasteiger partial charge in [0, 0.05) is 26.7 Å². The Labute approximate surface area is 149 Å². The molecule has 0 heterocycles. The zero-order chi connectivity index (χ0) is 19.8. The average molecular weight is 354 g/mol. The second-order valence-corrected chi connectivity index (χ2v) is 6.52. The number of hydrogen-bond acceptors (Lipinski definition) is 6. The molecule has 0 rings (SSSR count). The first-order valence-electron chi connectivity index (χ1n) is 8.10. The van der Waals surface area contributed by atoms with Gasteiger partial charge in [-0.2, -0.15) is 0 Å². The van der Waals surface area contributed by atoms with Crippen LogP contribution in [0.4, 0.5) is 0 Å². The van der Waals surface area contributed by atoms with Gasteiger partial charge in [-0.1, -0.05) is 18.2 Å². The molecular formula is C19H30O6. The van der Waals surface area contributed by atoms with E-state index < -0.39 is 35.9 Å². The lowest BCUT2D eigenvalue weighted by atomic mass is 9.95. The smallest absolute Gasteiger partial charge is 0.303 e. The van der Waals surface area contributed by atoms with Gasteiger partial charge in [-0.15, -0.1) is 6.58 Å². The van der Waals surface area contributed by atoms with E-state index in [1.807, 2.05) is 0 Å². The number of rotatable bonds is 10. The van der Waals surface area contributed by atoms with Crippen molar-refractivity contribution in [3.05, 3.63) is 36.5 Å². The number of hydrogen-bond donors (Lipinski definition) is 2. The maximum absolute atomic E-state index is 11.4. The van der Waals surface area contributed by atoms with Gasteiger partial charge in [0.25, 0.3) is 0 Å². The van der Waals surface area contributed by atoms with Crippen LogP contribution in [0.3, 0.4) is 0 Å². The van der Waals surface area contributed by atoms with Gasteiger partial charge in [0.15, 0.2) is 0 Å². The molecule has 0 spiro atoms. The van der Waals surface area contributed by atoms with Crippen molar-refractivity contribution >= 4 is 11.9 Å². The zero-order valence-electron chi connectivity index (χ0n) is 15.7. The molecule has 0 aliphatic rings. The molecule has 0 fully saturated rings. The first kappa shape index (κ1) is 23.1. The summed E-state index contributed by atoms with van der Waals surface area (Å²) in [7, 11) is 0. The molecule has 0 bridgehead atoms. The largest absolute Gasteiger partial charge is 0.458 e. The van der Waals surface area contributed by atoms with E-state index in [9.17, 15) is 19.8 Å². The highest BCUT2D eigenvalue weighted by Gasteiger charge is 2.26. The van der Waals surface area contributed by atoms with Crippen LogP contribution in [-0.4, -0.2) is 46.1 Å². The zero-order valence-corrected chi connectivity index (χ0v) is 15.7. The highest BCUT2D eigenvalue weighted by molar-refractivity contribution is 5.67. The summed E-state index contributed by atoms with van der Waals surface area (Å²) >= 11 is 0. The van der Waals surface area contributed by atoms with Crippen LogP contribution in [-0.2, 0) is 19.1 Å². The SMILES string of the molecule is C=CC(C)(O)CC(C=C(C)C(CC(O)C(=C)C)OC(C)=O)OC(C)=O. The minimum absolute atomic E-state index is 0.100. The standard InChI is InChI=1S/C19H30O6/c1-8-19(7,23)11-16(24-14(5)20)9-13(4)18(25-15(6)21)10-17(22)12(2)3/h8-9,16-18,22-23H,1-2,10-11H2,3-7H3. The molecule has 0 aromatic heterocycles. The molecule has 0 aromatic carbocycles. The highest BCUT2D eigenvalue weighted by atomic mass is 16.5. The lowest BCUT2D eigenvalue weighted by Crippen LogP contribution is -2.30. The molecule has 4 unspecified atom stereocenters. The fraction of sp³-hybridized carbons (Fsp3) is 0.579. The Morgan fingerprint density at radius 3 is 2.08 bits per heavy atom. The van der Waals surface area contributed by atoms with Gasteiger partial charge >= 0.3 is 11.9 Å². The minimum Gasteiger partial charge on any atom is -0.458 e. The molecular weight excluding hydrogens is 324 g/mol. The summed E-state index contributed by atoms with van der Waals surface area (Å²) in [6, 6.07) is 0. The van der Waals surface area contributed by atoms with Crippen molar-refractivity contribution in [2.24, 2.45) is 0 Å². The van der Waals surface area contributed by atoms with Crippen LogP contribution in [0.5, 0.6) is 0 Å². The number of esters is 2. The predicted octanol–water partition coefficient (Wildman–Crippen LogP) is 2.45. The van der Waals surface area contributed by atoms with Gasteiger partial charge in [-0.3, -0.25) is 9.59 Å². The Kier molecular flexibility index (Phi) is 9.38.